The zero-order chi connectivity index (χ0) is 24.3. The third-order valence-corrected chi connectivity index (χ3v) is 6.88. The third kappa shape index (κ3) is 5.22. The number of fused-ring (bicyclic) bond motifs is 1. The van der Waals surface area contributed by atoms with Crippen molar-refractivity contribution in [1.29, 1.82) is 0 Å². The number of carbonyl (C=O) groups excluding carboxylic acids is 1. The summed E-state index contributed by atoms with van der Waals surface area (Å²) in [5.74, 6) is -0.878. The van der Waals surface area contributed by atoms with Gasteiger partial charge in [-0.2, -0.15) is 0 Å². The Hall–Kier alpha value is -2.99. The van der Waals surface area contributed by atoms with Crippen LogP contribution < -0.4 is 10.5 Å². The maximum Gasteiger partial charge on any atom is 0.337 e. The molecule has 184 valence electrons. The highest BCUT2D eigenvalue weighted by atomic mass is 35.5. The SMILES string of the molecule is COC(=O)c1cc(-c2ccc(OC)c(S(=O)(=O)N(C)C)c2)c2ncn(C/C(F)=C/CN)c2c1.Cl. The van der Waals surface area contributed by atoms with Gasteiger partial charge in [-0.3, -0.25) is 0 Å². The predicted octanol–water partition coefficient (Wildman–Crippen LogP) is 2.98. The van der Waals surface area contributed by atoms with Gasteiger partial charge >= 0.3 is 5.97 Å². The number of hydrogen-bond donors (Lipinski definition) is 1. The zero-order valence-corrected chi connectivity index (χ0v) is 20.7. The van der Waals surface area contributed by atoms with Crippen LogP contribution in [0.4, 0.5) is 4.39 Å². The summed E-state index contributed by atoms with van der Waals surface area (Å²) in [6.07, 6.45) is 2.69. The summed E-state index contributed by atoms with van der Waals surface area (Å²) in [7, 11) is 1.64. The Morgan fingerprint density at radius 3 is 2.53 bits per heavy atom. The normalized spacial score (nSPS) is 12.0. The van der Waals surface area contributed by atoms with E-state index in [-0.39, 0.29) is 41.7 Å². The van der Waals surface area contributed by atoms with Crippen LogP contribution >= 0.6 is 12.4 Å². The number of esters is 1. The Labute approximate surface area is 203 Å². The number of benzene rings is 2. The smallest absolute Gasteiger partial charge is 0.337 e. The molecule has 0 atom stereocenters. The molecule has 0 saturated carbocycles. The lowest BCUT2D eigenvalue weighted by Crippen LogP contribution is -2.22. The van der Waals surface area contributed by atoms with Gasteiger partial charge in [-0.05, 0) is 35.9 Å². The minimum absolute atomic E-state index is 0. The second-order valence-corrected chi connectivity index (χ2v) is 9.42. The fourth-order valence-corrected chi connectivity index (χ4v) is 4.42. The first-order chi connectivity index (χ1) is 15.6. The number of nitrogens with two attached hydrogens (primary N) is 1. The van der Waals surface area contributed by atoms with Crippen molar-refractivity contribution in [1.82, 2.24) is 13.9 Å². The molecule has 9 nitrogen and oxygen atoms in total. The third-order valence-electron chi connectivity index (χ3n) is 5.04. The van der Waals surface area contributed by atoms with Crippen LogP contribution in [0.25, 0.3) is 22.2 Å². The number of sulfonamides is 1. The Balaban J connectivity index is 0.00000408. The largest absolute Gasteiger partial charge is 0.495 e. The summed E-state index contributed by atoms with van der Waals surface area (Å²) < 4.78 is 52.6. The van der Waals surface area contributed by atoms with Crippen LogP contribution in [0, 0.1) is 0 Å². The number of aromatic nitrogens is 2. The first-order valence-corrected chi connectivity index (χ1v) is 11.3. The number of carbonyl (C=O) groups is 1. The van der Waals surface area contributed by atoms with Gasteiger partial charge in [0, 0.05) is 26.2 Å². The van der Waals surface area contributed by atoms with Crippen LogP contribution in [0.15, 0.2) is 53.5 Å². The van der Waals surface area contributed by atoms with E-state index in [1.165, 1.54) is 57.4 Å². The van der Waals surface area contributed by atoms with E-state index in [4.69, 9.17) is 15.2 Å². The van der Waals surface area contributed by atoms with Gasteiger partial charge in [0.05, 0.1) is 43.7 Å². The van der Waals surface area contributed by atoms with Gasteiger partial charge in [-0.15, -0.1) is 12.4 Å². The maximum atomic E-state index is 14.1. The van der Waals surface area contributed by atoms with Crippen LogP contribution in [-0.2, 0) is 21.3 Å². The first kappa shape index (κ1) is 27.3. The van der Waals surface area contributed by atoms with Crippen LogP contribution in [0.3, 0.4) is 0 Å². The molecule has 1 heterocycles. The van der Waals surface area contributed by atoms with E-state index in [9.17, 15) is 17.6 Å². The number of nitrogens with zero attached hydrogens (tertiary/aromatic N) is 3. The van der Waals surface area contributed by atoms with E-state index in [1.54, 1.807) is 18.2 Å². The summed E-state index contributed by atoms with van der Waals surface area (Å²) in [4.78, 5) is 16.7. The molecule has 3 rings (SSSR count). The molecule has 12 heteroatoms. The number of imidazole rings is 1. The molecule has 0 bridgehead atoms. The van der Waals surface area contributed by atoms with Crippen LogP contribution in [0.1, 0.15) is 10.4 Å². The topological polar surface area (TPSA) is 117 Å². The average Bonchev–Trinajstić information content (AvgIpc) is 3.19. The van der Waals surface area contributed by atoms with E-state index in [0.29, 0.717) is 22.2 Å². The van der Waals surface area contributed by atoms with Gasteiger partial charge in [0.2, 0.25) is 10.0 Å². The highest BCUT2D eigenvalue weighted by molar-refractivity contribution is 7.89. The lowest BCUT2D eigenvalue weighted by Gasteiger charge is -2.16. The molecule has 0 amide bonds. The Morgan fingerprint density at radius 2 is 1.94 bits per heavy atom. The summed E-state index contributed by atoms with van der Waals surface area (Å²) >= 11 is 0. The van der Waals surface area contributed by atoms with Crippen LogP contribution in [0.5, 0.6) is 5.75 Å². The highest BCUT2D eigenvalue weighted by Gasteiger charge is 2.24. The number of allylic oxidation sites excluding steroid dienone is 1. The summed E-state index contributed by atoms with van der Waals surface area (Å²) in [6.45, 7) is -0.0767. The number of halogens is 2. The monoisotopic (exact) mass is 512 g/mol. The lowest BCUT2D eigenvalue weighted by molar-refractivity contribution is 0.0601. The lowest BCUT2D eigenvalue weighted by atomic mass is 10.0. The maximum absolute atomic E-state index is 14.1. The predicted molar refractivity (Wildman–Crippen MR) is 129 cm³/mol. The number of hydrogen-bond acceptors (Lipinski definition) is 7. The van der Waals surface area contributed by atoms with E-state index >= 15 is 0 Å². The van der Waals surface area contributed by atoms with Crippen molar-refractivity contribution in [2.24, 2.45) is 5.73 Å². The van der Waals surface area contributed by atoms with Crippen molar-refractivity contribution in [3.63, 3.8) is 0 Å². The van der Waals surface area contributed by atoms with Gasteiger partial charge in [0.25, 0.3) is 0 Å². The van der Waals surface area contributed by atoms with E-state index in [2.05, 4.69) is 4.98 Å². The van der Waals surface area contributed by atoms with Gasteiger partial charge in [0.15, 0.2) is 0 Å². The summed E-state index contributed by atoms with van der Waals surface area (Å²) in [5, 5.41) is 0. The van der Waals surface area contributed by atoms with Gasteiger partial charge in [0.1, 0.15) is 16.5 Å². The molecule has 34 heavy (non-hydrogen) atoms. The molecule has 3 aromatic rings. The minimum Gasteiger partial charge on any atom is -0.495 e. The number of rotatable bonds is 8. The fourth-order valence-electron chi connectivity index (χ4n) is 3.34. The van der Waals surface area contributed by atoms with Crippen molar-refractivity contribution < 1.29 is 27.1 Å². The van der Waals surface area contributed by atoms with Crippen molar-refractivity contribution in [2.75, 3.05) is 34.9 Å². The number of methoxy groups -OCH3 is 2. The second-order valence-electron chi connectivity index (χ2n) is 7.30. The number of ether oxygens (including phenoxy) is 2. The molecular formula is C22H26ClFN4O5S. The first-order valence-electron chi connectivity index (χ1n) is 9.86. The van der Waals surface area contributed by atoms with Crippen molar-refractivity contribution >= 4 is 39.4 Å². The molecule has 0 aliphatic carbocycles. The minimum atomic E-state index is -3.83. The van der Waals surface area contributed by atoms with Gasteiger partial charge in [-0.25, -0.2) is 26.9 Å². The fraction of sp³-hybridized carbons (Fsp3) is 0.273. The Bertz CT molecular complexity index is 1340. The molecule has 0 saturated heterocycles. The van der Waals surface area contributed by atoms with E-state index < -0.39 is 21.8 Å². The molecule has 0 aliphatic rings. The van der Waals surface area contributed by atoms with E-state index in [0.717, 1.165) is 4.31 Å². The van der Waals surface area contributed by atoms with Gasteiger partial charge < -0.3 is 19.8 Å². The molecular weight excluding hydrogens is 487 g/mol. The Morgan fingerprint density at radius 1 is 1.24 bits per heavy atom. The standard InChI is InChI=1S/C22H25FN4O5S.ClH/c1-26(2)33(29,30)20-11-14(5-6-19(20)31-3)17-9-15(22(28)32-4)10-18-21(17)25-13-27(18)12-16(23)7-8-24;/h5-7,9-11,13H,8,12,24H2,1-4H3;1H/b16-7-;. The molecule has 2 N–H and O–H groups in total. The molecule has 0 aliphatic heterocycles. The van der Waals surface area contributed by atoms with Crippen molar-refractivity contribution in [3.8, 4) is 16.9 Å². The highest BCUT2D eigenvalue weighted by Crippen LogP contribution is 2.35. The summed E-state index contributed by atoms with van der Waals surface area (Å²) in [6, 6.07) is 7.76. The van der Waals surface area contributed by atoms with Crippen molar-refractivity contribution in [2.45, 2.75) is 11.4 Å². The quantitative estimate of drug-likeness (QED) is 0.461. The van der Waals surface area contributed by atoms with E-state index in [1.807, 2.05) is 0 Å². The van der Waals surface area contributed by atoms with Crippen LogP contribution in [0.2, 0.25) is 0 Å². The molecule has 0 fully saturated rings. The Kier molecular flexibility index (Phi) is 8.78. The second kappa shape index (κ2) is 11.0. The van der Waals surface area contributed by atoms with Gasteiger partial charge in [-0.1, -0.05) is 6.07 Å². The molecule has 0 radical (unpaired) electrons. The average molecular weight is 513 g/mol. The molecule has 0 unspecified atom stereocenters. The van der Waals surface area contributed by atoms with Crippen LogP contribution in [-0.4, -0.2) is 63.1 Å². The summed E-state index contributed by atoms with van der Waals surface area (Å²) in [5.41, 5.74) is 7.48. The molecule has 0 spiro atoms. The zero-order valence-electron chi connectivity index (χ0n) is 19.1. The van der Waals surface area contributed by atoms with Crippen molar-refractivity contribution in [3.05, 3.63) is 54.1 Å². The molecule has 2 aromatic carbocycles. The molecule has 1 aromatic heterocycles.